The fraction of sp³-hybridized carbons (Fsp3) is 0.917. The third-order valence-electron chi connectivity index (χ3n) is 3.36. The Balaban J connectivity index is 2.54. The van der Waals surface area contributed by atoms with E-state index in [2.05, 4.69) is 26.1 Å². The van der Waals surface area contributed by atoms with Crippen molar-refractivity contribution in [2.24, 2.45) is 0 Å². The molecular formula is C12H24N2O. The van der Waals surface area contributed by atoms with Gasteiger partial charge in [0.2, 0.25) is 5.91 Å². The summed E-state index contributed by atoms with van der Waals surface area (Å²) in [6.07, 6.45) is 4.43. The van der Waals surface area contributed by atoms with Crippen molar-refractivity contribution >= 4 is 5.91 Å². The Labute approximate surface area is 93.2 Å². The minimum atomic E-state index is 0.0766. The van der Waals surface area contributed by atoms with Gasteiger partial charge in [0.05, 0.1) is 6.04 Å². The number of rotatable bonds is 4. The first-order valence-corrected chi connectivity index (χ1v) is 6.24. The summed E-state index contributed by atoms with van der Waals surface area (Å²) in [4.78, 5) is 14.2. The van der Waals surface area contributed by atoms with Crippen LogP contribution >= 0.6 is 0 Å². The van der Waals surface area contributed by atoms with E-state index in [-0.39, 0.29) is 6.04 Å². The van der Waals surface area contributed by atoms with Crippen molar-refractivity contribution in [3.8, 4) is 0 Å². The highest BCUT2D eigenvalue weighted by molar-refractivity contribution is 5.82. The quantitative estimate of drug-likeness (QED) is 0.770. The van der Waals surface area contributed by atoms with Crippen LogP contribution in [-0.2, 0) is 4.79 Å². The Hall–Kier alpha value is -0.570. The number of hydrogen-bond donors (Lipinski definition) is 1. The first-order chi connectivity index (χ1) is 7.20. The molecule has 1 unspecified atom stereocenters. The van der Waals surface area contributed by atoms with Crippen LogP contribution in [0.4, 0.5) is 0 Å². The van der Waals surface area contributed by atoms with Gasteiger partial charge >= 0.3 is 0 Å². The van der Waals surface area contributed by atoms with Gasteiger partial charge in [-0.2, -0.15) is 0 Å². The average Bonchev–Trinajstić information content (AvgIpc) is 2.30. The number of carbonyl (C=O) groups is 1. The van der Waals surface area contributed by atoms with Crippen LogP contribution in [0, 0.1) is 0 Å². The lowest BCUT2D eigenvalue weighted by molar-refractivity contribution is -0.135. The Morgan fingerprint density at radius 1 is 1.47 bits per heavy atom. The van der Waals surface area contributed by atoms with Gasteiger partial charge in [-0.3, -0.25) is 4.79 Å². The summed E-state index contributed by atoms with van der Waals surface area (Å²) in [5.74, 6) is 0.298. The van der Waals surface area contributed by atoms with Crippen LogP contribution in [0.2, 0.25) is 0 Å². The number of nitrogens with one attached hydrogen (secondary N) is 1. The van der Waals surface area contributed by atoms with Gasteiger partial charge in [-0.25, -0.2) is 0 Å². The highest BCUT2D eigenvalue weighted by atomic mass is 16.2. The molecule has 1 aliphatic heterocycles. The van der Waals surface area contributed by atoms with E-state index in [1.54, 1.807) is 0 Å². The summed E-state index contributed by atoms with van der Waals surface area (Å²) in [5.41, 5.74) is 0. The fourth-order valence-corrected chi connectivity index (χ4v) is 2.17. The van der Waals surface area contributed by atoms with Crippen LogP contribution in [0.3, 0.4) is 0 Å². The molecule has 0 spiro atoms. The molecule has 3 heteroatoms. The number of piperidine rings is 1. The van der Waals surface area contributed by atoms with Crippen molar-refractivity contribution in [2.75, 3.05) is 13.1 Å². The maximum Gasteiger partial charge on any atom is 0.239 e. The van der Waals surface area contributed by atoms with E-state index in [0.29, 0.717) is 11.9 Å². The molecule has 1 aliphatic rings. The second kappa shape index (κ2) is 6.11. The van der Waals surface area contributed by atoms with E-state index in [1.165, 1.54) is 12.8 Å². The fourth-order valence-electron chi connectivity index (χ4n) is 2.17. The van der Waals surface area contributed by atoms with E-state index < -0.39 is 0 Å². The maximum absolute atomic E-state index is 12.2. The summed E-state index contributed by atoms with van der Waals surface area (Å²) < 4.78 is 0. The molecule has 88 valence electrons. The molecule has 15 heavy (non-hydrogen) atoms. The number of likely N-dealkylation sites (N-methyl/N-ethyl adjacent to an activating group) is 1. The molecule has 0 aromatic heterocycles. The Morgan fingerprint density at radius 3 is 2.67 bits per heavy atom. The SMILES string of the molecule is CCC(C)N(CC)C(=O)[C@H]1CCCCN1. The second-order valence-corrected chi connectivity index (χ2v) is 4.38. The maximum atomic E-state index is 12.2. The molecule has 1 rings (SSSR count). The molecule has 1 fully saturated rings. The highest BCUT2D eigenvalue weighted by Gasteiger charge is 2.26. The zero-order valence-corrected chi connectivity index (χ0v) is 10.3. The molecule has 1 N–H and O–H groups in total. The van der Waals surface area contributed by atoms with E-state index in [0.717, 1.165) is 25.9 Å². The van der Waals surface area contributed by atoms with E-state index in [9.17, 15) is 4.79 Å². The smallest absolute Gasteiger partial charge is 0.239 e. The Bertz CT molecular complexity index is 200. The van der Waals surface area contributed by atoms with Gasteiger partial charge in [0.1, 0.15) is 0 Å². The highest BCUT2D eigenvalue weighted by Crippen LogP contribution is 2.12. The van der Waals surface area contributed by atoms with Crippen molar-refractivity contribution < 1.29 is 4.79 Å². The molecule has 0 radical (unpaired) electrons. The van der Waals surface area contributed by atoms with Gasteiger partial charge in [0.25, 0.3) is 0 Å². The molecule has 0 aromatic rings. The summed E-state index contributed by atoms with van der Waals surface area (Å²) in [5, 5.41) is 3.32. The number of carbonyl (C=O) groups excluding carboxylic acids is 1. The van der Waals surface area contributed by atoms with E-state index in [4.69, 9.17) is 0 Å². The molecule has 1 heterocycles. The lowest BCUT2D eigenvalue weighted by Gasteiger charge is -2.33. The molecule has 3 nitrogen and oxygen atoms in total. The van der Waals surface area contributed by atoms with Crippen LogP contribution in [0.15, 0.2) is 0 Å². The number of nitrogens with zero attached hydrogens (tertiary/aromatic N) is 1. The molecule has 1 amide bonds. The van der Waals surface area contributed by atoms with Gasteiger partial charge in [-0.1, -0.05) is 13.3 Å². The molecule has 2 atom stereocenters. The predicted molar refractivity (Wildman–Crippen MR) is 62.8 cm³/mol. The van der Waals surface area contributed by atoms with Gasteiger partial charge < -0.3 is 10.2 Å². The van der Waals surface area contributed by atoms with Crippen molar-refractivity contribution in [1.29, 1.82) is 0 Å². The third-order valence-corrected chi connectivity index (χ3v) is 3.36. The van der Waals surface area contributed by atoms with Crippen molar-refractivity contribution in [3.05, 3.63) is 0 Å². The number of hydrogen-bond acceptors (Lipinski definition) is 2. The second-order valence-electron chi connectivity index (χ2n) is 4.38. The monoisotopic (exact) mass is 212 g/mol. The first kappa shape index (κ1) is 12.5. The summed E-state index contributed by atoms with van der Waals surface area (Å²) >= 11 is 0. The standard InChI is InChI=1S/C12H24N2O/c1-4-10(3)14(5-2)12(15)11-8-6-7-9-13-11/h10-11,13H,4-9H2,1-3H3/t10?,11-/m1/s1. The average molecular weight is 212 g/mol. The van der Waals surface area contributed by atoms with E-state index >= 15 is 0 Å². The van der Waals surface area contributed by atoms with Gasteiger partial charge in [0.15, 0.2) is 0 Å². The number of amides is 1. The zero-order chi connectivity index (χ0) is 11.3. The Morgan fingerprint density at radius 2 is 2.20 bits per heavy atom. The zero-order valence-electron chi connectivity index (χ0n) is 10.3. The molecular weight excluding hydrogens is 188 g/mol. The Kier molecular flexibility index (Phi) is 5.09. The molecule has 0 saturated carbocycles. The van der Waals surface area contributed by atoms with Crippen LogP contribution < -0.4 is 5.32 Å². The normalized spacial score (nSPS) is 23.5. The van der Waals surface area contributed by atoms with Crippen LogP contribution in [0.1, 0.15) is 46.5 Å². The summed E-state index contributed by atoms with van der Waals surface area (Å²) in [6.45, 7) is 8.15. The van der Waals surface area contributed by atoms with Crippen molar-refractivity contribution in [1.82, 2.24) is 10.2 Å². The van der Waals surface area contributed by atoms with Crippen molar-refractivity contribution in [3.63, 3.8) is 0 Å². The molecule has 0 bridgehead atoms. The van der Waals surface area contributed by atoms with Crippen molar-refractivity contribution in [2.45, 2.75) is 58.5 Å². The lowest BCUT2D eigenvalue weighted by Crippen LogP contribution is -2.51. The molecule has 0 aromatic carbocycles. The third kappa shape index (κ3) is 3.20. The minimum absolute atomic E-state index is 0.0766. The van der Waals surface area contributed by atoms with Gasteiger partial charge in [-0.15, -0.1) is 0 Å². The lowest BCUT2D eigenvalue weighted by atomic mass is 10.0. The van der Waals surface area contributed by atoms with Crippen LogP contribution in [-0.4, -0.2) is 36.0 Å². The van der Waals surface area contributed by atoms with E-state index in [1.807, 2.05) is 4.90 Å². The van der Waals surface area contributed by atoms with Gasteiger partial charge in [-0.05, 0) is 39.7 Å². The summed E-state index contributed by atoms with van der Waals surface area (Å²) in [6, 6.07) is 0.443. The topological polar surface area (TPSA) is 32.3 Å². The predicted octanol–water partition coefficient (Wildman–Crippen LogP) is 1.78. The molecule has 1 saturated heterocycles. The van der Waals surface area contributed by atoms with Crippen LogP contribution in [0.5, 0.6) is 0 Å². The van der Waals surface area contributed by atoms with Gasteiger partial charge in [0, 0.05) is 12.6 Å². The van der Waals surface area contributed by atoms with Crippen LogP contribution in [0.25, 0.3) is 0 Å². The minimum Gasteiger partial charge on any atom is -0.339 e. The largest absolute Gasteiger partial charge is 0.339 e. The summed E-state index contributed by atoms with van der Waals surface area (Å²) in [7, 11) is 0. The first-order valence-electron chi connectivity index (χ1n) is 6.24. The molecule has 0 aliphatic carbocycles.